The van der Waals surface area contributed by atoms with Crippen molar-refractivity contribution < 1.29 is 14.3 Å². The molecule has 1 fully saturated rings. The summed E-state index contributed by atoms with van der Waals surface area (Å²) >= 11 is 6.14. The van der Waals surface area contributed by atoms with Crippen molar-refractivity contribution in [2.45, 2.75) is 31.7 Å². The van der Waals surface area contributed by atoms with Crippen LogP contribution in [0.15, 0.2) is 18.2 Å². The lowest BCUT2D eigenvalue weighted by Crippen LogP contribution is -2.54. The van der Waals surface area contributed by atoms with Gasteiger partial charge in [0.2, 0.25) is 5.91 Å². The summed E-state index contributed by atoms with van der Waals surface area (Å²) in [7, 11) is 0. The third-order valence-electron chi connectivity index (χ3n) is 3.49. The van der Waals surface area contributed by atoms with E-state index in [1.807, 2.05) is 6.92 Å². The maximum absolute atomic E-state index is 12.3. The number of carbonyl (C=O) groups is 1. The Bertz CT molecular complexity index is 506. The van der Waals surface area contributed by atoms with Gasteiger partial charge in [-0.15, -0.1) is 12.4 Å². The lowest BCUT2D eigenvalue weighted by Gasteiger charge is -2.31. The third kappa shape index (κ3) is 4.74. The number of ether oxygens (including phenoxy) is 2. The summed E-state index contributed by atoms with van der Waals surface area (Å²) in [6.07, 6.45) is 1.95. The van der Waals surface area contributed by atoms with Gasteiger partial charge in [-0.1, -0.05) is 18.5 Å². The lowest BCUT2D eigenvalue weighted by molar-refractivity contribution is -0.124. The smallest absolute Gasteiger partial charge is 0.244 e. The molecule has 2 rings (SSSR count). The Morgan fingerprint density at radius 2 is 2.14 bits per heavy atom. The summed E-state index contributed by atoms with van der Waals surface area (Å²) in [5.41, 5.74) is 5.88. The SMILES string of the molecule is CCCOc1ccc(NC(=O)C2(N)CCOCC2)cc1Cl.Cl. The van der Waals surface area contributed by atoms with Crippen LogP contribution >= 0.6 is 24.0 Å². The quantitative estimate of drug-likeness (QED) is 0.857. The van der Waals surface area contributed by atoms with E-state index in [0.29, 0.717) is 49.1 Å². The van der Waals surface area contributed by atoms with Gasteiger partial charge < -0.3 is 20.5 Å². The van der Waals surface area contributed by atoms with Gasteiger partial charge in [0.1, 0.15) is 11.3 Å². The molecule has 5 nitrogen and oxygen atoms in total. The van der Waals surface area contributed by atoms with Crippen LogP contribution in [-0.2, 0) is 9.53 Å². The summed E-state index contributed by atoms with van der Waals surface area (Å²) in [6, 6.07) is 5.19. The van der Waals surface area contributed by atoms with Crippen molar-refractivity contribution in [2.24, 2.45) is 5.73 Å². The van der Waals surface area contributed by atoms with Gasteiger partial charge in [0.25, 0.3) is 0 Å². The summed E-state index contributed by atoms with van der Waals surface area (Å²) in [5.74, 6) is 0.411. The Labute approximate surface area is 141 Å². The Balaban J connectivity index is 0.00000242. The van der Waals surface area contributed by atoms with Crippen LogP contribution in [0.4, 0.5) is 5.69 Å². The molecule has 1 aromatic rings. The summed E-state index contributed by atoms with van der Waals surface area (Å²) in [6.45, 7) is 3.65. The molecule has 0 atom stereocenters. The number of hydrogen-bond donors (Lipinski definition) is 2. The molecule has 124 valence electrons. The zero-order valence-electron chi connectivity index (χ0n) is 12.6. The number of rotatable bonds is 5. The average Bonchev–Trinajstić information content (AvgIpc) is 2.47. The maximum Gasteiger partial charge on any atom is 0.244 e. The van der Waals surface area contributed by atoms with Gasteiger partial charge in [-0.05, 0) is 37.5 Å². The summed E-state index contributed by atoms with van der Waals surface area (Å²) < 4.78 is 10.7. The van der Waals surface area contributed by atoms with E-state index in [0.717, 1.165) is 6.42 Å². The zero-order valence-corrected chi connectivity index (χ0v) is 14.1. The van der Waals surface area contributed by atoms with Gasteiger partial charge >= 0.3 is 0 Å². The number of anilines is 1. The normalized spacial score (nSPS) is 16.5. The monoisotopic (exact) mass is 348 g/mol. The predicted octanol–water partition coefficient (Wildman–Crippen LogP) is 3.00. The van der Waals surface area contributed by atoms with E-state index < -0.39 is 5.54 Å². The summed E-state index contributed by atoms with van der Waals surface area (Å²) in [5, 5.41) is 3.29. The molecule has 0 saturated carbocycles. The number of nitrogens with two attached hydrogens (primary N) is 1. The van der Waals surface area contributed by atoms with Crippen LogP contribution in [0.1, 0.15) is 26.2 Å². The van der Waals surface area contributed by atoms with Gasteiger partial charge in [-0.2, -0.15) is 0 Å². The molecule has 0 aliphatic carbocycles. The standard InChI is InChI=1S/C15H21ClN2O3.ClH/c1-2-7-21-13-4-3-11(10-12(13)16)18-14(19)15(17)5-8-20-9-6-15;/h3-4,10H,2,5-9,17H2,1H3,(H,18,19);1H. The van der Waals surface area contributed by atoms with Crippen LogP contribution < -0.4 is 15.8 Å². The van der Waals surface area contributed by atoms with Gasteiger partial charge in [-0.3, -0.25) is 4.79 Å². The van der Waals surface area contributed by atoms with Gasteiger partial charge in [0, 0.05) is 18.9 Å². The highest BCUT2D eigenvalue weighted by Gasteiger charge is 2.35. The van der Waals surface area contributed by atoms with E-state index >= 15 is 0 Å². The molecule has 0 radical (unpaired) electrons. The van der Waals surface area contributed by atoms with Crippen molar-refractivity contribution in [1.29, 1.82) is 0 Å². The van der Waals surface area contributed by atoms with Gasteiger partial charge in [0.15, 0.2) is 0 Å². The number of hydrogen-bond acceptors (Lipinski definition) is 4. The largest absolute Gasteiger partial charge is 0.492 e. The van der Waals surface area contributed by atoms with Crippen molar-refractivity contribution >= 4 is 35.6 Å². The number of benzene rings is 1. The predicted molar refractivity (Wildman–Crippen MR) is 90.1 cm³/mol. The fourth-order valence-corrected chi connectivity index (χ4v) is 2.36. The van der Waals surface area contributed by atoms with E-state index in [4.69, 9.17) is 26.8 Å². The van der Waals surface area contributed by atoms with Crippen LogP contribution in [-0.4, -0.2) is 31.3 Å². The minimum absolute atomic E-state index is 0. The Morgan fingerprint density at radius 1 is 1.45 bits per heavy atom. The Kier molecular flexibility index (Phi) is 7.42. The molecule has 22 heavy (non-hydrogen) atoms. The second-order valence-electron chi connectivity index (χ2n) is 5.22. The molecule has 3 N–H and O–H groups in total. The highest BCUT2D eigenvalue weighted by Crippen LogP contribution is 2.28. The van der Waals surface area contributed by atoms with Crippen molar-refractivity contribution in [3.05, 3.63) is 23.2 Å². The molecule has 1 aromatic carbocycles. The molecule has 0 spiro atoms. The molecule has 1 aliphatic heterocycles. The van der Waals surface area contributed by atoms with E-state index in [1.165, 1.54) is 0 Å². The molecule has 1 heterocycles. The second-order valence-corrected chi connectivity index (χ2v) is 5.62. The molecule has 1 aliphatic rings. The fraction of sp³-hybridized carbons (Fsp3) is 0.533. The first-order valence-electron chi connectivity index (χ1n) is 7.15. The molecule has 0 bridgehead atoms. The topological polar surface area (TPSA) is 73.6 Å². The van der Waals surface area contributed by atoms with Crippen molar-refractivity contribution in [3.8, 4) is 5.75 Å². The molecule has 1 amide bonds. The maximum atomic E-state index is 12.3. The second kappa shape index (κ2) is 8.58. The number of amides is 1. The highest BCUT2D eigenvalue weighted by molar-refractivity contribution is 6.32. The minimum Gasteiger partial charge on any atom is -0.492 e. The van der Waals surface area contributed by atoms with Crippen LogP contribution in [0.25, 0.3) is 0 Å². The van der Waals surface area contributed by atoms with Crippen LogP contribution in [0.5, 0.6) is 5.75 Å². The average molecular weight is 349 g/mol. The Hall–Kier alpha value is -1.01. The lowest BCUT2D eigenvalue weighted by atomic mass is 9.90. The first-order valence-corrected chi connectivity index (χ1v) is 7.53. The third-order valence-corrected chi connectivity index (χ3v) is 3.78. The van der Waals surface area contributed by atoms with Crippen LogP contribution in [0.2, 0.25) is 5.02 Å². The van der Waals surface area contributed by atoms with E-state index in [1.54, 1.807) is 18.2 Å². The minimum atomic E-state index is -0.873. The Morgan fingerprint density at radius 3 is 2.73 bits per heavy atom. The van der Waals surface area contributed by atoms with Crippen LogP contribution in [0.3, 0.4) is 0 Å². The first kappa shape index (κ1) is 19.0. The van der Waals surface area contributed by atoms with Crippen molar-refractivity contribution in [2.75, 3.05) is 25.1 Å². The molecule has 7 heteroatoms. The zero-order chi connectivity index (χ0) is 15.3. The van der Waals surface area contributed by atoms with Crippen molar-refractivity contribution in [1.82, 2.24) is 0 Å². The van der Waals surface area contributed by atoms with E-state index in [2.05, 4.69) is 5.32 Å². The van der Waals surface area contributed by atoms with E-state index in [-0.39, 0.29) is 18.3 Å². The first-order chi connectivity index (χ1) is 10.0. The molecule has 1 saturated heterocycles. The van der Waals surface area contributed by atoms with Crippen molar-refractivity contribution in [3.63, 3.8) is 0 Å². The van der Waals surface area contributed by atoms with Crippen LogP contribution in [0, 0.1) is 0 Å². The van der Waals surface area contributed by atoms with Gasteiger partial charge in [-0.25, -0.2) is 0 Å². The molecular weight excluding hydrogens is 327 g/mol. The molecule has 0 unspecified atom stereocenters. The fourth-order valence-electron chi connectivity index (χ4n) is 2.13. The van der Waals surface area contributed by atoms with Gasteiger partial charge in [0.05, 0.1) is 11.6 Å². The number of halogens is 2. The molecule has 0 aromatic heterocycles. The number of carbonyl (C=O) groups excluding carboxylic acids is 1. The highest BCUT2D eigenvalue weighted by atomic mass is 35.5. The summed E-state index contributed by atoms with van der Waals surface area (Å²) in [4.78, 5) is 12.3. The van der Waals surface area contributed by atoms with E-state index in [9.17, 15) is 4.79 Å². The number of nitrogens with one attached hydrogen (secondary N) is 1. The molecular formula is C15H22Cl2N2O3.